The van der Waals surface area contributed by atoms with Crippen molar-refractivity contribution in [3.05, 3.63) is 54.3 Å². The highest BCUT2D eigenvalue weighted by atomic mass is 19.4. The first kappa shape index (κ1) is 22.8. The van der Waals surface area contributed by atoms with Gasteiger partial charge in [0.15, 0.2) is 0 Å². The lowest BCUT2D eigenvalue weighted by atomic mass is 10.1. The van der Waals surface area contributed by atoms with E-state index in [1.165, 1.54) is 18.5 Å². The summed E-state index contributed by atoms with van der Waals surface area (Å²) >= 11 is 0. The molecule has 0 aromatic carbocycles. The van der Waals surface area contributed by atoms with Gasteiger partial charge in [0, 0.05) is 42.4 Å². The third kappa shape index (κ3) is 4.85. The van der Waals surface area contributed by atoms with E-state index >= 15 is 0 Å². The Balaban J connectivity index is 1.79. The Labute approximate surface area is 188 Å². The van der Waals surface area contributed by atoms with Crippen molar-refractivity contribution < 1.29 is 27.1 Å². The highest BCUT2D eigenvalue weighted by Gasteiger charge is 2.31. The third-order valence-electron chi connectivity index (χ3n) is 5.41. The van der Waals surface area contributed by atoms with Gasteiger partial charge in [-0.1, -0.05) is 18.7 Å². The number of allylic oxidation sites excluding steroid dienone is 2. The zero-order valence-electron chi connectivity index (χ0n) is 18.1. The van der Waals surface area contributed by atoms with Crippen molar-refractivity contribution in [1.82, 2.24) is 19.7 Å². The number of halogens is 3. The number of aromatic nitrogens is 3. The van der Waals surface area contributed by atoms with Crippen LogP contribution in [0.1, 0.15) is 28.2 Å². The predicted molar refractivity (Wildman–Crippen MR) is 117 cm³/mol. The molecular formula is C23H23F3N4O3. The minimum absolute atomic E-state index is 0.0674. The molecule has 10 heteroatoms. The van der Waals surface area contributed by atoms with Crippen LogP contribution in [0.5, 0.6) is 0 Å². The zero-order chi connectivity index (χ0) is 23.6. The highest BCUT2D eigenvalue weighted by molar-refractivity contribution is 5.99. The lowest BCUT2D eigenvalue weighted by Crippen LogP contribution is -2.33. The molecule has 1 fully saturated rings. The average molecular weight is 460 g/mol. The van der Waals surface area contributed by atoms with Crippen LogP contribution in [0.4, 0.5) is 13.2 Å². The van der Waals surface area contributed by atoms with Gasteiger partial charge in [-0.2, -0.15) is 18.3 Å². The number of ether oxygens (including phenoxy) is 1. The van der Waals surface area contributed by atoms with Gasteiger partial charge in [0.1, 0.15) is 30.0 Å². The van der Waals surface area contributed by atoms with E-state index in [0.29, 0.717) is 55.1 Å². The van der Waals surface area contributed by atoms with E-state index in [4.69, 9.17) is 9.15 Å². The molecule has 0 unspecified atom stereocenters. The summed E-state index contributed by atoms with van der Waals surface area (Å²) in [5.74, 6) is 0.201. The fourth-order valence-corrected chi connectivity index (χ4v) is 3.77. The van der Waals surface area contributed by atoms with Gasteiger partial charge in [0.05, 0.1) is 12.1 Å². The van der Waals surface area contributed by atoms with E-state index in [9.17, 15) is 18.0 Å². The number of rotatable bonds is 5. The van der Waals surface area contributed by atoms with Crippen molar-refractivity contribution >= 4 is 22.9 Å². The quantitative estimate of drug-likeness (QED) is 0.520. The van der Waals surface area contributed by atoms with Crippen LogP contribution in [-0.2, 0) is 11.3 Å². The summed E-state index contributed by atoms with van der Waals surface area (Å²) in [4.78, 5) is 18.8. The van der Waals surface area contributed by atoms with Crippen LogP contribution in [-0.4, -0.2) is 58.1 Å². The molecule has 7 nitrogen and oxygen atoms in total. The fraction of sp³-hybridized carbons (Fsp3) is 0.348. The molecule has 33 heavy (non-hydrogen) atoms. The smallest absolute Gasteiger partial charge is 0.408 e. The van der Waals surface area contributed by atoms with Crippen molar-refractivity contribution in [2.45, 2.75) is 26.1 Å². The van der Waals surface area contributed by atoms with Crippen LogP contribution < -0.4 is 0 Å². The molecular weight excluding hydrogens is 437 g/mol. The van der Waals surface area contributed by atoms with Gasteiger partial charge in [-0.05, 0) is 25.5 Å². The van der Waals surface area contributed by atoms with Crippen LogP contribution in [0.15, 0.2) is 41.7 Å². The molecule has 4 heterocycles. The molecule has 0 atom stereocenters. The predicted octanol–water partition coefficient (Wildman–Crippen LogP) is 4.62. The van der Waals surface area contributed by atoms with Crippen LogP contribution in [0.2, 0.25) is 0 Å². The topological polar surface area (TPSA) is 73.4 Å². The lowest BCUT2D eigenvalue weighted by molar-refractivity contribution is -0.141. The molecule has 1 aliphatic rings. The number of furan rings is 1. The molecule has 0 radical (unpaired) electrons. The van der Waals surface area contributed by atoms with Gasteiger partial charge in [-0.3, -0.25) is 14.5 Å². The van der Waals surface area contributed by atoms with Gasteiger partial charge in [0.25, 0.3) is 5.91 Å². The Bertz CT molecular complexity index is 1200. The minimum Gasteiger partial charge on any atom is -0.464 e. The molecule has 0 N–H and O–H groups in total. The SMILES string of the molecule is C=C/C=C\c1occ(-c2nn(CC(F)(F)F)c3cc(C(=O)N4CCCOCC4)ncc23)c1C. The summed E-state index contributed by atoms with van der Waals surface area (Å²) in [6, 6.07) is 1.37. The number of hydrogen-bond donors (Lipinski definition) is 0. The van der Waals surface area contributed by atoms with Crippen molar-refractivity contribution in [1.29, 1.82) is 0 Å². The fourth-order valence-electron chi connectivity index (χ4n) is 3.77. The number of nitrogens with zero attached hydrogens (tertiary/aromatic N) is 4. The van der Waals surface area contributed by atoms with E-state index < -0.39 is 12.7 Å². The molecule has 0 bridgehead atoms. The summed E-state index contributed by atoms with van der Waals surface area (Å²) in [6.45, 7) is 5.99. The summed E-state index contributed by atoms with van der Waals surface area (Å²) in [5, 5.41) is 4.64. The van der Waals surface area contributed by atoms with E-state index in [-0.39, 0.29) is 17.1 Å². The normalized spacial score (nSPS) is 15.3. The molecule has 0 saturated carbocycles. The summed E-state index contributed by atoms with van der Waals surface area (Å²) < 4.78 is 51.7. The molecule has 1 amide bonds. The highest BCUT2D eigenvalue weighted by Crippen LogP contribution is 2.34. The van der Waals surface area contributed by atoms with Crippen LogP contribution in [0.3, 0.4) is 0 Å². The molecule has 0 spiro atoms. The van der Waals surface area contributed by atoms with E-state index in [1.807, 2.05) is 0 Å². The average Bonchev–Trinajstić information content (AvgIpc) is 3.16. The largest absolute Gasteiger partial charge is 0.464 e. The van der Waals surface area contributed by atoms with Gasteiger partial charge >= 0.3 is 6.18 Å². The standard InChI is InChI=1S/C23H23F3N4O3/c1-3-4-6-20-15(2)17(13-33-20)21-16-12-27-18(22(31)29-7-5-9-32-10-8-29)11-19(16)30(28-21)14-23(24,25)26/h3-4,6,11-13H,1,5,7-10,14H2,2H3/b6-4-. The summed E-state index contributed by atoms with van der Waals surface area (Å²) in [6.07, 6.45) is 4.05. The van der Waals surface area contributed by atoms with Crippen LogP contribution >= 0.6 is 0 Å². The minimum atomic E-state index is -4.49. The van der Waals surface area contributed by atoms with Gasteiger partial charge in [0.2, 0.25) is 0 Å². The second kappa shape index (κ2) is 9.22. The monoisotopic (exact) mass is 460 g/mol. The maximum atomic E-state index is 13.3. The second-order valence-corrected chi connectivity index (χ2v) is 7.70. The molecule has 1 aliphatic heterocycles. The third-order valence-corrected chi connectivity index (χ3v) is 5.41. The van der Waals surface area contributed by atoms with Crippen molar-refractivity contribution in [2.24, 2.45) is 0 Å². The Morgan fingerprint density at radius 3 is 2.88 bits per heavy atom. The van der Waals surface area contributed by atoms with Crippen molar-refractivity contribution in [2.75, 3.05) is 26.3 Å². The Hall–Kier alpha value is -3.40. The maximum absolute atomic E-state index is 13.3. The van der Waals surface area contributed by atoms with Crippen molar-refractivity contribution in [3.63, 3.8) is 0 Å². The Kier molecular flexibility index (Phi) is 6.37. The van der Waals surface area contributed by atoms with E-state index in [0.717, 1.165) is 10.2 Å². The molecule has 3 aromatic heterocycles. The molecule has 174 valence electrons. The summed E-state index contributed by atoms with van der Waals surface area (Å²) in [7, 11) is 0. The second-order valence-electron chi connectivity index (χ2n) is 7.70. The Morgan fingerprint density at radius 2 is 2.12 bits per heavy atom. The first-order valence-electron chi connectivity index (χ1n) is 10.5. The van der Waals surface area contributed by atoms with Crippen molar-refractivity contribution in [3.8, 4) is 11.3 Å². The molecule has 1 saturated heterocycles. The van der Waals surface area contributed by atoms with Crippen LogP contribution in [0, 0.1) is 6.92 Å². The first-order valence-corrected chi connectivity index (χ1v) is 10.5. The van der Waals surface area contributed by atoms with Gasteiger partial charge in [-0.25, -0.2) is 0 Å². The number of alkyl halides is 3. The molecule has 3 aromatic rings. The molecule has 0 aliphatic carbocycles. The lowest BCUT2D eigenvalue weighted by Gasteiger charge is -2.19. The number of fused-ring (bicyclic) bond motifs is 1. The number of hydrogen-bond acceptors (Lipinski definition) is 5. The number of carbonyl (C=O) groups excluding carboxylic acids is 1. The Morgan fingerprint density at radius 1 is 1.30 bits per heavy atom. The summed E-state index contributed by atoms with van der Waals surface area (Å²) in [5.41, 5.74) is 1.82. The molecule has 4 rings (SSSR count). The van der Waals surface area contributed by atoms with Crippen LogP contribution in [0.25, 0.3) is 28.2 Å². The number of pyridine rings is 1. The van der Waals surface area contributed by atoms with E-state index in [2.05, 4.69) is 16.7 Å². The van der Waals surface area contributed by atoms with Gasteiger partial charge in [-0.15, -0.1) is 0 Å². The number of carbonyl (C=O) groups is 1. The first-order chi connectivity index (χ1) is 15.8. The zero-order valence-corrected chi connectivity index (χ0v) is 18.1. The van der Waals surface area contributed by atoms with E-state index in [1.54, 1.807) is 30.1 Å². The number of amides is 1. The van der Waals surface area contributed by atoms with Gasteiger partial charge < -0.3 is 14.1 Å². The maximum Gasteiger partial charge on any atom is 0.408 e.